The van der Waals surface area contributed by atoms with Crippen molar-refractivity contribution in [2.75, 3.05) is 6.61 Å². The number of carbonyl (C=O) groups excluding carboxylic acids is 2. The number of amides is 1. The van der Waals surface area contributed by atoms with Crippen LogP contribution in [0.4, 0.5) is 4.79 Å². The van der Waals surface area contributed by atoms with Crippen LogP contribution in [0.15, 0.2) is 30.3 Å². The molecule has 17 heavy (non-hydrogen) atoms. The zero-order chi connectivity index (χ0) is 12.7. The van der Waals surface area contributed by atoms with Crippen LogP contribution in [0.3, 0.4) is 0 Å². The van der Waals surface area contributed by atoms with Crippen molar-refractivity contribution >= 4 is 22.9 Å². The predicted octanol–water partition coefficient (Wildman–Crippen LogP) is 2.11. The molecular weight excluding hydrogens is 242 g/mol. The monoisotopic (exact) mass is 255 g/mol. The zero-order valence-electron chi connectivity index (χ0n) is 9.48. The summed E-state index contributed by atoms with van der Waals surface area (Å²) in [5.74, 6) is 0. The largest absolute Gasteiger partial charge is 0.450 e. The molecule has 1 unspecified atom stereocenters. The summed E-state index contributed by atoms with van der Waals surface area (Å²) in [7, 11) is 0. The lowest BCUT2D eigenvalue weighted by molar-refractivity contribution is -0.113. The molecule has 4 nitrogen and oxygen atoms in total. The molecule has 0 fully saturated rings. The third kappa shape index (κ3) is 4.87. The van der Waals surface area contributed by atoms with Gasteiger partial charge in [-0.1, -0.05) is 30.3 Å². The Hall–Kier alpha value is -1.55. The van der Waals surface area contributed by atoms with Gasteiger partial charge in [0, 0.05) is 6.42 Å². The second-order valence-electron chi connectivity index (χ2n) is 3.41. The molecule has 0 aliphatic heterocycles. The first-order chi connectivity index (χ1) is 8.13. The SMILES string of the molecule is CCOC(=O)NC(Cc1ccccc1)C(=O)Cl. The fourth-order valence-electron chi connectivity index (χ4n) is 1.35. The molecule has 0 radical (unpaired) electrons. The highest BCUT2D eigenvalue weighted by atomic mass is 35.5. The normalized spacial score (nSPS) is 11.6. The number of ether oxygens (including phenoxy) is 1. The Kier molecular flexibility index (Phi) is 5.49. The van der Waals surface area contributed by atoms with Crippen molar-refractivity contribution in [2.45, 2.75) is 19.4 Å². The van der Waals surface area contributed by atoms with Crippen molar-refractivity contribution in [1.82, 2.24) is 5.32 Å². The summed E-state index contributed by atoms with van der Waals surface area (Å²) in [6.07, 6.45) is -0.287. The number of halogens is 1. The maximum absolute atomic E-state index is 11.2. The molecule has 1 aromatic carbocycles. The summed E-state index contributed by atoms with van der Waals surface area (Å²) in [5, 5.41) is 1.81. The number of hydrogen-bond acceptors (Lipinski definition) is 3. The van der Waals surface area contributed by atoms with Crippen molar-refractivity contribution in [3.8, 4) is 0 Å². The van der Waals surface area contributed by atoms with E-state index in [4.69, 9.17) is 16.3 Å². The molecule has 5 heteroatoms. The Bertz CT molecular complexity index is 381. The number of hydrogen-bond donors (Lipinski definition) is 1. The van der Waals surface area contributed by atoms with Gasteiger partial charge in [0.05, 0.1) is 6.61 Å². The number of benzene rings is 1. The topological polar surface area (TPSA) is 55.4 Å². The maximum atomic E-state index is 11.2. The van der Waals surface area contributed by atoms with E-state index in [1.54, 1.807) is 6.92 Å². The van der Waals surface area contributed by atoms with Gasteiger partial charge in [0.2, 0.25) is 5.24 Å². The molecule has 92 valence electrons. The van der Waals surface area contributed by atoms with Gasteiger partial charge in [-0.25, -0.2) is 4.79 Å². The van der Waals surface area contributed by atoms with Gasteiger partial charge in [-0.05, 0) is 24.1 Å². The number of nitrogens with one attached hydrogen (secondary N) is 1. The van der Waals surface area contributed by atoms with Crippen LogP contribution in [0.25, 0.3) is 0 Å². The fourth-order valence-corrected chi connectivity index (χ4v) is 1.48. The van der Waals surface area contributed by atoms with E-state index >= 15 is 0 Å². The molecule has 0 aliphatic carbocycles. The molecule has 1 rings (SSSR count). The van der Waals surface area contributed by atoms with Gasteiger partial charge >= 0.3 is 6.09 Å². The molecule has 1 N–H and O–H groups in total. The van der Waals surface area contributed by atoms with Gasteiger partial charge in [0.25, 0.3) is 0 Å². The lowest BCUT2D eigenvalue weighted by Gasteiger charge is -2.14. The number of alkyl carbamates (subject to hydrolysis) is 1. The highest BCUT2D eigenvalue weighted by Gasteiger charge is 2.19. The second kappa shape index (κ2) is 6.91. The van der Waals surface area contributed by atoms with E-state index in [0.717, 1.165) is 5.56 Å². The van der Waals surface area contributed by atoms with E-state index in [9.17, 15) is 9.59 Å². The van der Waals surface area contributed by atoms with Gasteiger partial charge in [-0.2, -0.15) is 0 Å². The Balaban J connectivity index is 2.61. The highest BCUT2D eigenvalue weighted by Crippen LogP contribution is 2.05. The van der Waals surface area contributed by atoms with Gasteiger partial charge in [-0.3, -0.25) is 4.79 Å². The Morgan fingerprint density at radius 1 is 1.35 bits per heavy atom. The first-order valence-corrected chi connectivity index (χ1v) is 5.67. The van der Waals surface area contributed by atoms with E-state index in [1.165, 1.54) is 0 Å². The van der Waals surface area contributed by atoms with Crippen molar-refractivity contribution in [3.05, 3.63) is 35.9 Å². The van der Waals surface area contributed by atoms with Crippen molar-refractivity contribution in [2.24, 2.45) is 0 Å². The third-order valence-electron chi connectivity index (χ3n) is 2.12. The lowest BCUT2D eigenvalue weighted by atomic mass is 10.1. The fraction of sp³-hybridized carbons (Fsp3) is 0.333. The second-order valence-corrected chi connectivity index (χ2v) is 3.78. The van der Waals surface area contributed by atoms with Crippen molar-refractivity contribution in [3.63, 3.8) is 0 Å². The van der Waals surface area contributed by atoms with Crippen LogP contribution < -0.4 is 5.32 Å². The van der Waals surface area contributed by atoms with E-state index in [0.29, 0.717) is 6.42 Å². The maximum Gasteiger partial charge on any atom is 0.407 e. The minimum Gasteiger partial charge on any atom is -0.450 e. The van der Waals surface area contributed by atoms with E-state index in [1.807, 2.05) is 30.3 Å². The zero-order valence-corrected chi connectivity index (χ0v) is 10.2. The van der Waals surface area contributed by atoms with E-state index < -0.39 is 17.4 Å². The molecular formula is C12H14ClNO3. The summed E-state index contributed by atoms with van der Waals surface area (Å²) in [6.45, 7) is 1.94. The predicted molar refractivity (Wildman–Crippen MR) is 65.0 cm³/mol. The van der Waals surface area contributed by atoms with Crippen molar-refractivity contribution in [1.29, 1.82) is 0 Å². The van der Waals surface area contributed by atoms with Crippen LogP contribution in [-0.4, -0.2) is 24.0 Å². The van der Waals surface area contributed by atoms with Crippen LogP contribution in [0.2, 0.25) is 0 Å². The first kappa shape index (κ1) is 13.5. The summed E-state index contributed by atoms with van der Waals surface area (Å²) < 4.78 is 4.70. The molecule has 0 heterocycles. The third-order valence-corrected chi connectivity index (χ3v) is 2.39. The minimum absolute atomic E-state index is 0.250. The number of carbonyl (C=O) groups is 2. The minimum atomic E-state index is -0.766. The van der Waals surface area contributed by atoms with Gasteiger partial charge in [-0.15, -0.1) is 0 Å². The molecule has 0 aromatic heterocycles. The van der Waals surface area contributed by atoms with Crippen LogP contribution in [0.5, 0.6) is 0 Å². The van der Waals surface area contributed by atoms with Crippen LogP contribution in [-0.2, 0) is 16.0 Å². The molecule has 0 spiro atoms. The molecule has 1 amide bonds. The van der Waals surface area contributed by atoms with Crippen molar-refractivity contribution < 1.29 is 14.3 Å². The molecule has 1 aromatic rings. The first-order valence-electron chi connectivity index (χ1n) is 5.30. The standard InChI is InChI=1S/C12H14ClNO3/c1-2-17-12(16)14-10(11(13)15)8-9-6-4-3-5-7-9/h3-7,10H,2,8H2,1H3,(H,14,16). The Morgan fingerprint density at radius 2 is 2.00 bits per heavy atom. The van der Waals surface area contributed by atoms with Crippen LogP contribution in [0, 0.1) is 0 Å². The number of rotatable bonds is 5. The summed E-state index contributed by atoms with van der Waals surface area (Å²) in [5.41, 5.74) is 0.920. The quantitative estimate of drug-likeness (QED) is 0.820. The van der Waals surface area contributed by atoms with Gasteiger partial charge in [0.15, 0.2) is 0 Å². The van der Waals surface area contributed by atoms with Gasteiger partial charge < -0.3 is 10.1 Å². The molecule has 0 bridgehead atoms. The van der Waals surface area contributed by atoms with Gasteiger partial charge in [0.1, 0.15) is 6.04 Å². The smallest absolute Gasteiger partial charge is 0.407 e. The Morgan fingerprint density at radius 3 is 2.53 bits per heavy atom. The average molecular weight is 256 g/mol. The summed E-state index contributed by atoms with van der Waals surface area (Å²) in [6, 6.07) is 8.54. The summed E-state index contributed by atoms with van der Waals surface area (Å²) >= 11 is 5.43. The van der Waals surface area contributed by atoms with E-state index in [2.05, 4.69) is 5.32 Å². The summed E-state index contributed by atoms with van der Waals surface area (Å²) in [4.78, 5) is 22.4. The average Bonchev–Trinajstić information content (AvgIpc) is 2.29. The molecule has 1 atom stereocenters. The molecule has 0 saturated heterocycles. The van der Waals surface area contributed by atoms with E-state index in [-0.39, 0.29) is 6.61 Å². The molecule has 0 aliphatic rings. The Labute approximate surface area is 105 Å². The lowest BCUT2D eigenvalue weighted by Crippen LogP contribution is -2.40. The highest BCUT2D eigenvalue weighted by molar-refractivity contribution is 6.64. The van der Waals surface area contributed by atoms with Crippen LogP contribution >= 0.6 is 11.6 Å². The molecule has 0 saturated carbocycles. The van der Waals surface area contributed by atoms with Crippen LogP contribution in [0.1, 0.15) is 12.5 Å².